The number of hydrogen-bond acceptors (Lipinski definition) is 3. The number of phenols is 1. The third-order valence-corrected chi connectivity index (χ3v) is 4.60. The predicted octanol–water partition coefficient (Wildman–Crippen LogP) is 6.83. The molecule has 0 amide bonds. The maximum absolute atomic E-state index is 12.4. The first-order valence-electron chi connectivity index (χ1n) is 9.43. The first kappa shape index (κ1) is 21.6. The van der Waals surface area contributed by atoms with Crippen LogP contribution in [-0.4, -0.2) is 11.5 Å². The summed E-state index contributed by atoms with van der Waals surface area (Å²) < 4.78 is 46.9. The average molecular weight is 416 g/mol. The maximum atomic E-state index is 12.4. The zero-order valence-corrected chi connectivity index (χ0v) is 17.0. The van der Waals surface area contributed by atoms with E-state index in [-0.39, 0.29) is 29.3 Å². The van der Waals surface area contributed by atoms with Gasteiger partial charge in [0, 0.05) is 5.56 Å². The minimum absolute atomic E-state index is 0.0468. The molecule has 6 heteroatoms. The van der Waals surface area contributed by atoms with E-state index in [0.717, 1.165) is 5.56 Å². The van der Waals surface area contributed by atoms with Crippen LogP contribution in [0.5, 0.6) is 17.2 Å². The van der Waals surface area contributed by atoms with Crippen molar-refractivity contribution in [2.75, 3.05) is 0 Å². The Morgan fingerprint density at radius 3 is 2.03 bits per heavy atom. The molecule has 3 rings (SSSR count). The van der Waals surface area contributed by atoms with Crippen LogP contribution < -0.4 is 9.47 Å². The normalized spacial score (nSPS) is 11.9. The fourth-order valence-corrected chi connectivity index (χ4v) is 3.00. The lowest BCUT2D eigenvalue weighted by Crippen LogP contribution is -2.16. The molecule has 30 heavy (non-hydrogen) atoms. The Morgan fingerprint density at radius 1 is 0.833 bits per heavy atom. The number of halogens is 3. The number of hydrogen-bond donors (Lipinski definition) is 1. The molecule has 0 saturated heterocycles. The molecule has 0 aliphatic heterocycles. The lowest BCUT2D eigenvalue weighted by Gasteiger charge is -2.19. The monoisotopic (exact) mass is 416 g/mol. The van der Waals surface area contributed by atoms with E-state index in [1.807, 2.05) is 24.3 Å². The summed E-state index contributed by atoms with van der Waals surface area (Å²) in [4.78, 5) is 0. The summed E-state index contributed by atoms with van der Waals surface area (Å²) in [6, 6.07) is 18.3. The molecule has 1 N–H and O–H groups in total. The van der Waals surface area contributed by atoms with Gasteiger partial charge in [-0.1, -0.05) is 69.3 Å². The van der Waals surface area contributed by atoms with Crippen LogP contribution in [0.25, 0.3) is 11.1 Å². The van der Waals surface area contributed by atoms with Gasteiger partial charge in [0.2, 0.25) is 0 Å². The molecule has 0 unspecified atom stereocenters. The van der Waals surface area contributed by atoms with Gasteiger partial charge in [-0.3, -0.25) is 0 Å². The van der Waals surface area contributed by atoms with Crippen molar-refractivity contribution in [2.24, 2.45) is 0 Å². The highest BCUT2D eigenvalue weighted by Crippen LogP contribution is 2.38. The van der Waals surface area contributed by atoms with Crippen molar-refractivity contribution in [3.63, 3.8) is 0 Å². The van der Waals surface area contributed by atoms with Crippen molar-refractivity contribution in [1.82, 2.24) is 0 Å². The highest BCUT2D eigenvalue weighted by Gasteiger charge is 2.31. The number of para-hydroxylation sites is 1. The number of benzene rings is 3. The van der Waals surface area contributed by atoms with E-state index >= 15 is 0 Å². The summed E-state index contributed by atoms with van der Waals surface area (Å²) in [5, 5.41) is 10.3. The van der Waals surface area contributed by atoms with E-state index in [0.29, 0.717) is 11.1 Å². The lowest BCUT2D eigenvalue weighted by molar-refractivity contribution is -0.274. The minimum atomic E-state index is -4.75. The highest BCUT2D eigenvalue weighted by molar-refractivity contribution is 5.74. The quantitative estimate of drug-likeness (QED) is 0.495. The molecule has 3 aromatic rings. The van der Waals surface area contributed by atoms with Crippen molar-refractivity contribution < 1.29 is 27.8 Å². The number of aromatic hydroxyl groups is 1. The van der Waals surface area contributed by atoms with E-state index in [1.54, 1.807) is 12.1 Å². The Kier molecular flexibility index (Phi) is 5.97. The summed E-state index contributed by atoms with van der Waals surface area (Å²) in [5.74, 6) is -0.0934. The van der Waals surface area contributed by atoms with E-state index < -0.39 is 6.36 Å². The summed E-state index contributed by atoms with van der Waals surface area (Å²) in [7, 11) is 0. The Balaban J connectivity index is 1.80. The molecule has 0 atom stereocenters. The van der Waals surface area contributed by atoms with E-state index in [1.165, 1.54) is 35.9 Å². The van der Waals surface area contributed by atoms with Crippen LogP contribution in [0.3, 0.4) is 0 Å². The number of rotatable bonds is 5. The van der Waals surface area contributed by atoms with Crippen LogP contribution in [0.4, 0.5) is 13.2 Å². The summed E-state index contributed by atoms with van der Waals surface area (Å²) in [5.41, 5.74) is 3.35. The largest absolute Gasteiger partial charge is 0.573 e. The Bertz CT molecular complexity index is 986. The van der Waals surface area contributed by atoms with E-state index in [4.69, 9.17) is 4.74 Å². The molecule has 0 aliphatic carbocycles. The molecule has 0 radical (unpaired) electrons. The molecule has 3 nitrogen and oxygen atoms in total. The second-order valence-electron chi connectivity index (χ2n) is 7.96. The molecule has 0 aliphatic rings. The number of ether oxygens (including phenoxy) is 2. The highest BCUT2D eigenvalue weighted by atomic mass is 19.4. The lowest BCUT2D eigenvalue weighted by atomic mass is 9.87. The van der Waals surface area contributed by atoms with Crippen molar-refractivity contribution in [1.29, 1.82) is 0 Å². The average Bonchev–Trinajstić information content (AvgIpc) is 2.66. The van der Waals surface area contributed by atoms with Gasteiger partial charge in [-0.2, -0.15) is 0 Å². The van der Waals surface area contributed by atoms with Crippen LogP contribution in [0.2, 0.25) is 0 Å². The topological polar surface area (TPSA) is 38.7 Å². The van der Waals surface area contributed by atoms with Crippen molar-refractivity contribution >= 4 is 0 Å². The predicted molar refractivity (Wildman–Crippen MR) is 110 cm³/mol. The molecule has 0 heterocycles. The van der Waals surface area contributed by atoms with E-state index in [2.05, 4.69) is 25.5 Å². The fourth-order valence-electron chi connectivity index (χ4n) is 3.00. The zero-order valence-electron chi connectivity index (χ0n) is 17.0. The van der Waals surface area contributed by atoms with Gasteiger partial charge < -0.3 is 14.6 Å². The van der Waals surface area contributed by atoms with Crippen LogP contribution in [0.15, 0.2) is 66.7 Å². The van der Waals surface area contributed by atoms with Gasteiger partial charge in [-0.25, -0.2) is 0 Å². The molecule has 0 saturated carbocycles. The van der Waals surface area contributed by atoms with Gasteiger partial charge in [0.15, 0.2) is 11.5 Å². The molecule has 3 aromatic carbocycles. The van der Waals surface area contributed by atoms with Crippen molar-refractivity contribution in [2.45, 2.75) is 39.2 Å². The van der Waals surface area contributed by atoms with Crippen LogP contribution >= 0.6 is 0 Å². The van der Waals surface area contributed by atoms with Gasteiger partial charge in [0.1, 0.15) is 12.4 Å². The van der Waals surface area contributed by atoms with Gasteiger partial charge in [0.05, 0.1) is 0 Å². The Hall–Kier alpha value is -3.15. The molecule has 0 aromatic heterocycles. The summed E-state index contributed by atoms with van der Waals surface area (Å²) >= 11 is 0. The molecule has 0 fully saturated rings. The van der Waals surface area contributed by atoms with Gasteiger partial charge >= 0.3 is 6.36 Å². The molecule has 158 valence electrons. The van der Waals surface area contributed by atoms with Gasteiger partial charge in [0.25, 0.3) is 0 Å². The summed E-state index contributed by atoms with van der Waals surface area (Å²) in [6.07, 6.45) is -4.75. The van der Waals surface area contributed by atoms with E-state index in [9.17, 15) is 18.3 Å². The summed E-state index contributed by atoms with van der Waals surface area (Å²) in [6.45, 7) is 6.65. The van der Waals surface area contributed by atoms with Crippen LogP contribution in [0.1, 0.15) is 31.9 Å². The molecule has 0 spiro atoms. The minimum Gasteiger partial charge on any atom is -0.504 e. The smallest absolute Gasteiger partial charge is 0.504 e. The standard InChI is InChI=1S/C24H23F3O3/c1-23(2,3)18-11-7-16(8-12-18)15-29-22-20(5-4-6-21(22)28)17-9-13-19(14-10-17)30-24(25,26)27/h4-14,28H,15H2,1-3H3. The molecular formula is C24H23F3O3. The second-order valence-corrected chi connectivity index (χ2v) is 7.96. The van der Waals surface area contributed by atoms with Gasteiger partial charge in [-0.15, -0.1) is 13.2 Å². The molecule has 0 bridgehead atoms. The second kappa shape index (κ2) is 8.30. The number of alkyl halides is 3. The first-order valence-corrected chi connectivity index (χ1v) is 9.43. The maximum Gasteiger partial charge on any atom is 0.573 e. The van der Waals surface area contributed by atoms with Crippen molar-refractivity contribution in [3.05, 3.63) is 77.9 Å². The Labute approximate surface area is 173 Å². The molecular weight excluding hydrogens is 393 g/mol. The fraction of sp³-hybridized carbons (Fsp3) is 0.250. The SMILES string of the molecule is CC(C)(C)c1ccc(COc2c(O)cccc2-c2ccc(OC(F)(F)F)cc2)cc1. The van der Waals surface area contributed by atoms with Crippen LogP contribution in [-0.2, 0) is 12.0 Å². The number of phenolic OH excluding ortho intramolecular Hbond substituents is 1. The third kappa shape index (κ3) is 5.47. The third-order valence-electron chi connectivity index (χ3n) is 4.60. The van der Waals surface area contributed by atoms with Crippen LogP contribution in [0, 0.1) is 0 Å². The Morgan fingerprint density at radius 2 is 1.47 bits per heavy atom. The van der Waals surface area contributed by atoms with Gasteiger partial charge in [-0.05, 0) is 40.3 Å². The van der Waals surface area contributed by atoms with Crippen molar-refractivity contribution in [3.8, 4) is 28.4 Å². The zero-order chi connectivity index (χ0) is 21.9. The first-order chi connectivity index (χ1) is 14.0.